The van der Waals surface area contributed by atoms with Crippen molar-refractivity contribution in [3.63, 3.8) is 0 Å². The first-order chi connectivity index (χ1) is 13.6. The van der Waals surface area contributed by atoms with Gasteiger partial charge in [-0.05, 0) is 38.5 Å². The number of benzene rings is 1. The Morgan fingerprint density at radius 1 is 1.14 bits per heavy atom. The lowest BCUT2D eigenvalue weighted by Gasteiger charge is -2.33. The van der Waals surface area contributed by atoms with Crippen LogP contribution < -0.4 is 15.2 Å². The Kier molecular flexibility index (Phi) is 5.55. The van der Waals surface area contributed by atoms with Gasteiger partial charge in [0.2, 0.25) is 11.8 Å². The number of nitrogens with two attached hydrogens (primary N) is 1. The molecule has 3 unspecified atom stereocenters. The van der Waals surface area contributed by atoms with E-state index in [0.29, 0.717) is 11.5 Å². The highest BCUT2D eigenvalue weighted by Crippen LogP contribution is 2.47. The number of carbonyl (C=O) groups is 3. The van der Waals surface area contributed by atoms with Crippen molar-refractivity contribution in [3.05, 3.63) is 23.8 Å². The third-order valence-electron chi connectivity index (χ3n) is 5.19. The van der Waals surface area contributed by atoms with E-state index >= 15 is 0 Å². The molecule has 2 N–H and O–H groups in total. The van der Waals surface area contributed by atoms with Gasteiger partial charge in [0.25, 0.3) is 5.91 Å². The number of methoxy groups -OCH3 is 2. The molecular formula is C20H27N3O6. The van der Waals surface area contributed by atoms with Crippen molar-refractivity contribution in [2.24, 2.45) is 11.7 Å². The molecule has 0 aromatic heterocycles. The van der Waals surface area contributed by atoms with Crippen LogP contribution in [0.15, 0.2) is 18.2 Å². The van der Waals surface area contributed by atoms with Crippen molar-refractivity contribution in [2.45, 2.75) is 44.9 Å². The zero-order valence-electron chi connectivity index (χ0n) is 17.3. The number of hydrogen-bond acceptors (Lipinski definition) is 7. The summed E-state index contributed by atoms with van der Waals surface area (Å²) in [5, 5.41) is 1.51. The second-order valence-corrected chi connectivity index (χ2v) is 8.15. The van der Waals surface area contributed by atoms with Crippen LogP contribution in [0.4, 0.5) is 0 Å². The number of fused-ring (bicyclic) bond motifs is 1. The maximum Gasteiger partial charge on any atom is 0.261 e. The average molecular weight is 405 g/mol. The maximum absolute atomic E-state index is 13.2. The third-order valence-corrected chi connectivity index (χ3v) is 5.19. The van der Waals surface area contributed by atoms with E-state index in [2.05, 4.69) is 0 Å². The number of likely N-dealkylation sites (tertiary alicyclic amines) is 1. The first kappa shape index (κ1) is 21.1. The first-order valence-electron chi connectivity index (χ1n) is 9.41. The second kappa shape index (κ2) is 7.64. The summed E-state index contributed by atoms with van der Waals surface area (Å²) >= 11 is 0. The normalized spacial score (nSPS) is 24.7. The molecule has 158 valence electrons. The molecule has 2 aliphatic rings. The highest BCUT2D eigenvalue weighted by molar-refractivity contribution is 6.08. The lowest BCUT2D eigenvalue weighted by Crippen LogP contribution is -2.48. The SMILES string of the molecule is COc1ccc(C2C3C(=O)N(C(C)(C)C)C(=O)C3ON2CCC(N)=O)cc1OC. The number of nitrogens with zero attached hydrogens (tertiary/aromatic N) is 2. The number of hydrogen-bond donors (Lipinski definition) is 1. The van der Waals surface area contributed by atoms with Crippen LogP contribution in [0, 0.1) is 5.92 Å². The highest BCUT2D eigenvalue weighted by Gasteiger charge is 2.61. The summed E-state index contributed by atoms with van der Waals surface area (Å²) in [7, 11) is 3.05. The smallest absolute Gasteiger partial charge is 0.261 e. The Hall–Kier alpha value is -2.65. The molecule has 0 bridgehead atoms. The predicted molar refractivity (Wildman–Crippen MR) is 103 cm³/mol. The Bertz CT molecular complexity index is 834. The molecule has 2 saturated heterocycles. The summed E-state index contributed by atoms with van der Waals surface area (Å²) in [5.74, 6) is -0.861. The third kappa shape index (κ3) is 3.67. The van der Waals surface area contributed by atoms with E-state index < -0.39 is 29.5 Å². The summed E-state index contributed by atoms with van der Waals surface area (Å²) in [6, 6.07) is 4.72. The van der Waals surface area contributed by atoms with Crippen LogP contribution in [-0.2, 0) is 19.2 Å². The van der Waals surface area contributed by atoms with Crippen LogP contribution in [0.3, 0.4) is 0 Å². The monoisotopic (exact) mass is 405 g/mol. The zero-order chi connectivity index (χ0) is 21.5. The van der Waals surface area contributed by atoms with E-state index in [0.717, 1.165) is 5.56 Å². The molecule has 2 heterocycles. The van der Waals surface area contributed by atoms with E-state index in [1.165, 1.54) is 24.2 Å². The number of rotatable bonds is 6. The minimum Gasteiger partial charge on any atom is -0.493 e. The lowest BCUT2D eigenvalue weighted by atomic mass is 9.90. The Morgan fingerprint density at radius 3 is 2.34 bits per heavy atom. The summed E-state index contributed by atoms with van der Waals surface area (Å²) in [4.78, 5) is 44.6. The van der Waals surface area contributed by atoms with Crippen molar-refractivity contribution in [3.8, 4) is 11.5 Å². The van der Waals surface area contributed by atoms with Gasteiger partial charge in [-0.25, -0.2) is 0 Å². The van der Waals surface area contributed by atoms with Gasteiger partial charge in [-0.15, -0.1) is 0 Å². The average Bonchev–Trinajstić information content (AvgIpc) is 3.14. The van der Waals surface area contributed by atoms with Crippen LogP contribution in [0.5, 0.6) is 11.5 Å². The van der Waals surface area contributed by atoms with E-state index in [4.69, 9.17) is 20.0 Å². The molecule has 3 amide bonds. The number of ether oxygens (including phenoxy) is 2. The fraction of sp³-hybridized carbons (Fsp3) is 0.550. The van der Waals surface area contributed by atoms with Crippen LogP contribution in [-0.4, -0.2) is 60.1 Å². The highest BCUT2D eigenvalue weighted by atomic mass is 16.7. The Morgan fingerprint density at radius 2 is 1.79 bits per heavy atom. The van der Waals surface area contributed by atoms with Gasteiger partial charge in [0.05, 0.1) is 26.2 Å². The van der Waals surface area contributed by atoms with Gasteiger partial charge in [0.15, 0.2) is 17.6 Å². The number of amides is 3. The maximum atomic E-state index is 13.2. The number of primary amides is 1. The molecule has 3 rings (SSSR count). The van der Waals surface area contributed by atoms with E-state index in [-0.39, 0.29) is 24.8 Å². The molecule has 29 heavy (non-hydrogen) atoms. The van der Waals surface area contributed by atoms with Crippen molar-refractivity contribution in [2.75, 3.05) is 20.8 Å². The molecule has 0 radical (unpaired) electrons. The molecule has 0 aliphatic carbocycles. The first-order valence-corrected chi connectivity index (χ1v) is 9.41. The molecule has 9 nitrogen and oxygen atoms in total. The van der Waals surface area contributed by atoms with Crippen LogP contribution >= 0.6 is 0 Å². The molecule has 0 spiro atoms. The second-order valence-electron chi connectivity index (χ2n) is 8.15. The summed E-state index contributed by atoms with van der Waals surface area (Å²) < 4.78 is 10.7. The zero-order valence-corrected chi connectivity index (χ0v) is 17.3. The van der Waals surface area contributed by atoms with Gasteiger partial charge in [0, 0.05) is 18.5 Å². The fourth-order valence-electron chi connectivity index (χ4n) is 3.95. The summed E-state index contributed by atoms with van der Waals surface area (Å²) in [6.07, 6.45) is -0.901. The van der Waals surface area contributed by atoms with E-state index in [1.54, 1.807) is 39.0 Å². The Balaban J connectivity index is 2.03. The number of imide groups is 1. The standard InChI is InChI=1S/C20H27N3O6/c1-20(2,3)23-18(25)15-16(11-6-7-12(27-4)13(10-11)28-5)22(9-8-14(21)24)29-17(15)19(23)26/h6-7,10,15-17H,8-9H2,1-5H3,(H2,21,24). The van der Waals surface area contributed by atoms with Gasteiger partial charge in [-0.2, -0.15) is 5.06 Å². The van der Waals surface area contributed by atoms with Crippen LogP contribution in [0.2, 0.25) is 0 Å². The van der Waals surface area contributed by atoms with E-state index in [1.807, 2.05) is 0 Å². The van der Waals surface area contributed by atoms with Gasteiger partial charge < -0.3 is 15.2 Å². The van der Waals surface area contributed by atoms with Crippen LogP contribution in [0.25, 0.3) is 0 Å². The van der Waals surface area contributed by atoms with Crippen molar-refractivity contribution >= 4 is 17.7 Å². The molecular weight excluding hydrogens is 378 g/mol. The molecule has 2 fully saturated rings. The Labute approximate surface area is 169 Å². The quantitative estimate of drug-likeness (QED) is 0.703. The van der Waals surface area contributed by atoms with Gasteiger partial charge >= 0.3 is 0 Å². The molecule has 9 heteroatoms. The molecule has 2 aliphatic heterocycles. The van der Waals surface area contributed by atoms with Crippen LogP contribution in [0.1, 0.15) is 38.8 Å². The summed E-state index contributed by atoms with van der Waals surface area (Å²) in [5.41, 5.74) is 5.34. The van der Waals surface area contributed by atoms with Gasteiger partial charge in [-0.1, -0.05) is 6.07 Å². The van der Waals surface area contributed by atoms with Crippen molar-refractivity contribution in [1.82, 2.24) is 9.96 Å². The minimum atomic E-state index is -0.937. The van der Waals surface area contributed by atoms with Crippen molar-refractivity contribution in [1.29, 1.82) is 0 Å². The molecule has 0 saturated carbocycles. The lowest BCUT2D eigenvalue weighted by molar-refractivity contribution is -0.182. The predicted octanol–water partition coefficient (Wildman–Crippen LogP) is 1.02. The van der Waals surface area contributed by atoms with E-state index in [9.17, 15) is 14.4 Å². The van der Waals surface area contributed by atoms with Gasteiger partial charge in [-0.3, -0.25) is 24.1 Å². The minimum absolute atomic E-state index is 0.0363. The molecule has 1 aromatic carbocycles. The fourth-order valence-corrected chi connectivity index (χ4v) is 3.95. The summed E-state index contributed by atoms with van der Waals surface area (Å²) in [6.45, 7) is 5.58. The van der Waals surface area contributed by atoms with Crippen molar-refractivity contribution < 1.29 is 28.7 Å². The molecule has 3 atom stereocenters. The van der Waals surface area contributed by atoms with Gasteiger partial charge in [0.1, 0.15) is 0 Å². The molecule has 1 aromatic rings. The number of carbonyl (C=O) groups excluding carboxylic acids is 3. The number of hydroxylamine groups is 2. The topological polar surface area (TPSA) is 111 Å². The largest absolute Gasteiger partial charge is 0.493 e.